The minimum absolute atomic E-state index is 0. The third-order valence-corrected chi connectivity index (χ3v) is 2.84. The predicted octanol–water partition coefficient (Wildman–Crippen LogP) is 1.75. The van der Waals surface area contributed by atoms with Crippen LogP contribution in [0.25, 0.3) is 0 Å². The minimum Gasteiger partial charge on any atom is 0 e. The molecule has 1 rings (SSSR count). The van der Waals surface area contributed by atoms with E-state index in [1.54, 1.807) is 19.1 Å². The van der Waals surface area contributed by atoms with Gasteiger partial charge in [-0.1, -0.05) is 24.3 Å². The van der Waals surface area contributed by atoms with Gasteiger partial charge in [0.1, 0.15) is 5.41 Å². The van der Waals surface area contributed by atoms with E-state index in [-0.39, 0.29) is 29.0 Å². The van der Waals surface area contributed by atoms with Gasteiger partial charge in [0, 0.05) is 17.1 Å². The maximum atomic E-state index is 11.8. The molecular formula is C16H18FeO7. The van der Waals surface area contributed by atoms with Crippen molar-refractivity contribution in [3.63, 3.8) is 0 Å². The number of ether oxygens (including phenoxy) is 2. The third-order valence-electron chi connectivity index (χ3n) is 2.84. The number of carbonyl (C=O) groups is 2. The van der Waals surface area contributed by atoms with Crippen molar-refractivity contribution in [2.24, 2.45) is 11.3 Å². The summed E-state index contributed by atoms with van der Waals surface area (Å²) >= 11 is 0. The Kier molecular flexibility index (Phi) is 24.1. The summed E-state index contributed by atoms with van der Waals surface area (Å²) in [6, 6.07) is 0. The monoisotopic (exact) mass is 378 g/mol. The SMILES string of the molecule is C/C=C/C=C/[C@@]1(C(=O)OCC)C[C@@H]1C(=O)OC.[C-]#[O+].[C-]#[O+].[C-]#[O+].[Fe]. The summed E-state index contributed by atoms with van der Waals surface area (Å²) in [4.78, 5) is 23.3. The molecule has 0 aromatic carbocycles. The zero-order valence-electron chi connectivity index (χ0n) is 13.5. The van der Waals surface area contributed by atoms with E-state index in [4.69, 9.17) is 18.7 Å². The molecule has 1 aliphatic rings. The van der Waals surface area contributed by atoms with E-state index < -0.39 is 11.3 Å². The van der Waals surface area contributed by atoms with Crippen molar-refractivity contribution in [1.82, 2.24) is 0 Å². The molecule has 0 spiro atoms. The topological polar surface area (TPSA) is 112 Å². The van der Waals surface area contributed by atoms with Gasteiger partial charge in [-0.2, -0.15) is 0 Å². The van der Waals surface area contributed by atoms with Crippen molar-refractivity contribution in [1.29, 1.82) is 0 Å². The Balaban J connectivity index is -0.000000256. The minimum atomic E-state index is -0.817. The molecule has 1 fully saturated rings. The number of allylic oxidation sites excluding steroid dienone is 3. The first-order valence-corrected chi connectivity index (χ1v) is 6.29. The van der Waals surface area contributed by atoms with Gasteiger partial charge in [0.05, 0.1) is 19.6 Å². The molecule has 132 valence electrons. The van der Waals surface area contributed by atoms with Crippen LogP contribution in [-0.4, -0.2) is 25.7 Å². The fourth-order valence-electron chi connectivity index (χ4n) is 1.80. The Hall–Kier alpha value is -1.84. The zero-order chi connectivity index (χ0) is 18.9. The van der Waals surface area contributed by atoms with Crippen LogP contribution in [0.3, 0.4) is 0 Å². The summed E-state index contributed by atoms with van der Waals surface area (Å²) in [6.45, 7) is 17.4. The van der Waals surface area contributed by atoms with Crippen LogP contribution in [0.4, 0.5) is 0 Å². The Labute approximate surface area is 152 Å². The fraction of sp³-hybridized carbons (Fsp3) is 0.438. The number of carbonyl (C=O) groups excluding carboxylic acids is 2. The zero-order valence-corrected chi connectivity index (χ0v) is 14.6. The van der Waals surface area contributed by atoms with Crippen molar-refractivity contribution >= 4 is 11.9 Å². The maximum Gasteiger partial charge on any atom is 0 e. The van der Waals surface area contributed by atoms with Gasteiger partial charge in [-0.3, -0.25) is 9.59 Å². The normalized spacial score (nSPS) is 19.6. The van der Waals surface area contributed by atoms with Gasteiger partial charge in [-0.05, 0) is 20.3 Å². The first kappa shape index (κ1) is 30.1. The first-order valence-electron chi connectivity index (χ1n) is 6.29. The Morgan fingerprint density at radius 2 is 1.67 bits per heavy atom. The maximum absolute atomic E-state index is 11.8. The molecule has 8 heteroatoms. The molecule has 0 heterocycles. The van der Waals surface area contributed by atoms with Crippen molar-refractivity contribution in [3.8, 4) is 0 Å². The van der Waals surface area contributed by atoms with Gasteiger partial charge in [-0.15, -0.1) is 0 Å². The van der Waals surface area contributed by atoms with Gasteiger partial charge in [-0.25, -0.2) is 0 Å². The summed E-state index contributed by atoms with van der Waals surface area (Å²) in [5.41, 5.74) is -0.817. The van der Waals surface area contributed by atoms with E-state index in [1.807, 2.05) is 19.1 Å². The summed E-state index contributed by atoms with van der Waals surface area (Å²) in [5.74, 6) is -1.12. The summed E-state index contributed by atoms with van der Waals surface area (Å²) in [5, 5.41) is 0. The second-order valence-electron chi connectivity index (χ2n) is 3.93. The number of esters is 2. The molecule has 0 bridgehead atoms. The number of methoxy groups -OCH3 is 1. The largest absolute Gasteiger partial charge is 0 e. The van der Waals surface area contributed by atoms with E-state index in [1.165, 1.54) is 7.11 Å². The number of rotatable bonds is 5. The molecule has 0 N–H and O–H groups in total. The van der Waals surface area contributed by atoms with Crippen LogP contribution in [0.5, 0.6) is 0 Å². The van der Waals surface area contributed by atoms with E-state index >= 15 is 0 Å². The van der Waals surface area contributed by atoms with E-state index in [2.05, 4.69) is 24.7 Å². The molecule has 1 saturated carbocycles. The second-order valence-corrected chi connectivity index (χ2v) is 3.93. The van der Waals surface area contributed by atoms with Gasteiger partial charge < -0.3 is 9.47 Å². The van der Waals surface area contributed by atoms with Gasteiger partial charge in [0.2, 0.25) is 0 Å². The van der Waals surface area contributed by atoms with Gasteiger partial charge >= 0.3 is 45.8 Å². The second kappa shape index (κ2) is 19.2. The van der Waals surface area contributed by atoms with Crippen LogP contribution in [0.2, 0.25) is 0 Å². The van der Waals surface area contributed by atoms with Crippen LogP contribution in [-0.2, 0) is 50.1 Å². The van der Waals surface area contributed by atoms with Crippen molar-refractivity contribution in [2.75, 3.05) is 13.7 Å². The summed E-state index contributed by atoms with van der Waals surface area (Å²) in [7, 11) is 1.33. The molecule has 0 radical (unpaired) electrons. The molecule has 2 atom stereocenters. The average Bonchev–Trinajstić information content (AvgIpc) is 3.36. The molecular weight excluding hydrogens is 360 g/mol. The van der Waals surface area contributed by atoms with E-state index in [0.717, 1.165) is 0 Å². The molecule has 0 aliphatic heterocycles. The van der Waals surface area contributed by atoms with E-state index in [9.17, 15) is 9.59 Å². The van der Waals surface area contributed by atoms with E-state index in [0.29, 0.717) is 13.0 Å². The average molecular weight is 378 g/mol. The standard InChI is InChI=1S/C13H18O4.3CO.Fe/c1-4-6-7-8-13(12(15)17-5-2)9-10(13)11(14)16-3;3*1-2;/h4,6-8,10H,5,9H2,1-3H3;;;;/b6-4+,8-7+;;;;/t10-,13-;;;;/m1..../s1. The summed E-state index contributed by atoms with van der Waals surface area (Å²) < 4.78 is 32.2. The third kappa shape index (κ3) is 9.33. The summed E-state index contributed by atoms with van der Waals surface area (Å²) in [6.07, 6.45) is 7.62. The quantitative estimate of drug-likeness (QED) is 0.238. The Morgan fingerprint density at radius 3 is 2.04 bits per heavy atom. The molecule has 24 heavy (non-hydrogen) atoms. The molecule has 7 nitrogen and oxygen atoms in total. The van der Waals surface area contributed by atoms with Crippen molar-refractivity contribution in [2.45, 2.75) is 20.3 Å². The Bertz CT molecular complexity index is 462. The van der Waals surface area contributed by atoms with Gasteiger partial charge in [0.15, 0.2) is 0 Å². The van der Waals surface area contributed by atoms with Crippen LogP contribution in [0, 0.1) is 31.3 Å². The van der Waals surface area contributed by atoms with Crippen LogP contribution < -0.4 is 0 Å². The molecule has 1 aliphatic carbocycles. The molecule has 0 aromatic rings. The fourth-order valence-corrected chi connectivity index (χ4v) is 1.80. The Morgan fingerprint density at radius 1 is 1.17 bits per heavy atom. The number of hydrogen-bond acceptors (Lipinski definition) is 4. The molecule has 0 amide bonds. The smallest absolute Gasteiger partial charge is 0 e. The first-order chi connectivity index (χ1) is 11.1. The molecule has 0 unspecified atom stereocenters. The van der Waals surface area contributed by atoms with Crippen molar-refractivity contribution in [3.05, 3.63) is 44.3 Å². The van der Waals surface area contributed by atoms with Crippen molar-refractivity contribution < 1.29 is 50.1 Å². The predicted molar refractivity (Wildman–Crippen MR) is 74.9 cm³/mol. The molecule has 0 aromatic heterocycles. The van der Waals surface area contributed by atoms with Gasteiger partial charge in [0.25, 0.3) is 0 Å². The van der Waals surface area contributed by atoms with Crippen LogP contribution in [0.1, 0.15) is 20.3 Å². The van der Waals surface area contributed by atoms with Crippen LogP contribution in [0.15, 0.2) is 24.3 Å². The van der Waals surface area contributed by atoms with Crippen LogP contribution >= 0.6 is 0 Å². The number of hydrogen-bond donors (Lipinski definition) is 0. The molecule has 0 saturated heterocycles.